The predicted molar refractivity (Wildman–Crippen MR) is 200 cm³/mol. The van der Waals surface area contributed by atoms with Crippen molar-refractivity contribution in [1.82, 2.24) is 9.55 Å². The summed E-state index contributed by atoms with van der Waals surface area (Å²) in [6, 6.07) is 54.3. The molecule has 8 rings (SSSR count). The molecule has 5 heteroatoms. The zero-order valence-corrected chi connectivity index (χ0v) is 26.6. The lowest BCUT2D eigenvalue weighted by atomic mass is 9.91. The van der Waals surface area contributed by atoms with Crippen molar-refractivity contribution in [2.24, 2.45) is 22.8 Å². The highest BCUT2D eigenvalue weighted by Crippen LogP contribution is 2.36. The molecule has 0 spiro atoms. The maximum atomic E-state index is 6.64. The average Bonchev–Trinajstić information content (AvgIpc) is 3.49. The lowest BCUT2D eigenvalue weighted by Crippen LogP contribution is -2.16. The number of rotatable bonds is 6. The van der Waals surface area contributed by atoms with Crippen LogP contribution in [0, 0.1) is 0 Å². The van der Waals surface area contributed by atoms with Gasteiger partial charge in [0, 0.05) is 29.3 Å². The first-order valence-electron chi connectivity index (χ1n) is 16.1. The van der Waals surface area contributed by atoms with E-state index in [1.54, 1.807) is 0 Å². The Hall–Kier alpha value is -6.33. The summed E-state index contributed by atoms with van der Waals surface area (Å²) >= 11 is 0. The molecule has 2 N–H and O–H groups in total. The molecule has 0 aliphatic heterocycles. The SMILES string of the molecule is Cn1c(-c2ccc3cc(-c4c(C(N=C(N)c5ccccc5)=NCc5ccccc5)ccc5ccccc45)ccc3c2)nc2ccccc21. The molecule has 230 valence electrons. The number of aryl methyl sites for hydroxylation is 1. The van der Waals surface area contributed by atoms with E-state index in [9.17, 15) is 0 Å². The molecule has 0 saturated carbocycles. The van der Waals surface area contributed by atoms with Crippen molar-refractivity contribution in [3.05, 3.63) is 174 Å². The monoisotopic (exact) mass is 619 g/mol. The van der Waals surface area contributed by atoms with Gasteiger partial charge in [0.1, 0.15) is 11.7 Å². The number of benzene rings is 7. The van der Waals surface area contributed by atoms with E-state index in [-0.39, 0.29) is 0 Å². The van der Waals surface area contributed by atoms with Crippen LogP contribution in [0.3, 0.4) is 0 Å². The number of hydrogen-bond donors (Lipinski definition) is 1. The van der Waals surface area contributed by atoms with E-state index < -0.39 is 0 Å². The van der Waals surface area contributed by atoms with Gasteiger partial charge in [-0.15, -0.1) is 0 Å². The number of aliphatic imine (C=N–C) groups is 2. The van der Waals surface area contributed by atoms with E-state index >= 15 is 0 Å². The molecule has 0 fully saturated rings. The lowest BCUT2D eigenvalue weighted by molar-refractivity contribution is 0.960. The van der Waals surface area contributed by atoms with E-state index in [4.69, 9.17) is 20.7 Å². The molecule has 1 heterocycles. The molecule has 0 aliphatic carbocycles. The molecular formula is C43H33N5. The van der Waals surface area contributed by atoms with Crippen LogP contribution in [0.25, 0.3) is 55.1 Å². The van der Waals surface area contributed by atoms with Crippen LogP contribution in [-0.2, 0) is 13.6 Å². The normalized spacial score (nSPS) is 12.3. The minimum absolute atomic E-state index is 0.425. The number of hydrogen-bond acceptors (Lipinski definition) is 2. The second kappa shape index (κ2) is 12.5. The maximum Gasteiger partial charge on any atom is 0.157 e. The average molecular weight is 620 g/mol. The van der Waals surface area contributed by atoms with Crippen LogP contribution in [0.5, 0.6) is 0 Å². The van der Waals surface area contributed by atoms with E-state index in [0.717, 1.165) is 71.8 Å². The highest BCUT2D eigenvalue weighted by atomic mass is 15.1. The highest BCUT2D eigenvalue weighted by molar-refractivity contribution is 6.17. The minimum Gasteiger partial charge on any atom is -0.383 e. The van der Waals surface area contributed by atoms with Crippen LogP contribution in [0.15, 0.2) is 168 Å². The first kappa shape index (κ1) is 29.1. The third-order valence-corrected chi connectivity index (χ3v) is 8.89. The Morgan fingerprint density at radius 1 is 0.646 bits per heavy atom. The molecule has 8 aromatic rings. The number of aromatic nitrogens is 2. The van der Waals surface area contributed by atoms with Crippen molar-refractivity contribution in [3.8, 4) is 22.5 Å². The van der Waals surface area contributed by atoms with Gasteiger partial charge in [0.05, 0.1) is 17.6 Å². The van der Waals surface area contributed by atoms with Gasteiger partial charge in [0.25, 0.3) is 0 Å². The molecular weight excluding hydrogens is 587 g/mol. The molecule has 0 aliphatic rings. The standard InChI is InChI=1S/C43H33N5/c1-48-39-19-11-10-18-38(39)46-43(48)35-23-21-32-26-34(22-20-33(32)27-35)40-36-17-9-8-14-30(36)24-25-37(40)42(45-28-29-12-4-2-5-13-29)47-41(44)31-15-6-3-7-16-31/h2-27H,28H2,1H3,(H2,44,45,47). The number of para-hydroxylation sites is 2. The summed E-state index contributed by atoms with van der Waals surface area (Å²) in [5.41, 5.74) is 14.9. The van der Waals surface area contributed by atoms with Crippen molar-refractivity contribution < 1.29 is 0 Å². The third-order valence-electron chi connectivity index (χ3n) is 8.89. The Kier molecular flexibility index (Phi) is 7.55. The molecule has 1 aromatic heterocycles. The summed E-state index contributed by atoms with van der Waals surface area (Å²) in [7, 11) is 2.07. The number of fused-ring (bicyclic) bond motifs is 3. The predicted octanol–water partition coefficient (Wildman–Crippen LogP) is 9.57. The summed E-state index contributed by atoms with van der Waals surface area (Å²) in [5, 5.41) is 4.57. The minimum atomic E-state index is 0.425. The summed E-state index contributed by atoms with van der Waals surface area (Å²) < 4.78 is 2.16. The Morgan fingerprint density at radius 2 is 1.29 bits per heavy atom. The topological polar surface area (TPSA) is 68.6 Å². The van der Waals surface area contributed by atoms with Crippen molar-refractivity contribution >= 4 is 44.2 Å². The fourth-order valence-electron chi connectivity index (χ4n) is 6.43. The molecule has 48 heavy (non-hydrogen) atoms. The summed E-state index contributed by atoms with van der Waals surface area (Å²) in [5.74, 6) is 1.97. The second-order valence-corrected chi connectivity index (χ2v) is 12.0. The van der Waals surface area contributed by atoms with E-state index in [1.165, 1.54) is 0 Å². The number of imidazole rings is 1. The maximum absolute atomic E-state index is 6.64. The first-order chi connectivity index (χ1) is 23.6. The number of nitrogens with two attached hydrogens (primary N) is 1. The van der Waals surface area contributed by atoms with Gasteiger partial charge in [-0.3, -0.25) is 4.99 Å². The van der Waals surface area contributed by atoms with Crippen LogP contribution in [0.4, 0.5) is 0 Å². The van der Waals surface area contributed by atoms with Gasteiger partial charge < -0.3 is 10.3 Å². The Morgan fingerprint density at radius 3 is 2.08 bits per heavy atom. The van der Waals surface area contributed by atoms with E-state index in [2.05, 4.69) is 115 Å². The van der Waals surface area contributed by atoms with Gasteiger partial charge in [-0.25, -0.2) is 9.98 Å². The van der Waals surface area contributed by atoms with Crippen molar-refractivity contribution in [2.75, 3.05) is 0 Å². The van der Waals surface area contributed by atoms with Crippen LogP contribution in [-0.4, -0.2) is 21.2 Å². The van der Waals surface area contributed by atoms with Gasteiger partial charge in [-0.1, -0.05) is 127 Å². The van der Waals surface area contributed by atoms with Crippen LogP contribution < -0.4 is 5.73 Å². The number of nitrogens with zero attached hydrogens (tertiary/aromatic N) is 4. The van der Waals surface area contributed by atoms with Gasteiger partial charge in [-0.2, -0.15) is 0 Å². The molecule has 7 aromatic carbocycles. The molecule has 0 radical (unpaired) electrons. The Labute approximate surface area is 279 Å². The van der Waals surface area contributed by atoms with Crippen molar-refractivity contribution in [2.45, 2.75) is 6.54 Å². The highest BCUT2D eigenvalue weighted by Gasteiger charge is 2.17. The van der Waals surface area contributed by atoms with Gasteiger partial charge in [0.15, 0.2) is 5.84 Å². The molecule has 0 unspecified atom stereocenters. The quantitative estimate of drug-likeness (QED) is 0.149. The van der Waals surface area contributed by atoms with Crippen molar-refractivity contribution in [1.29, 1.82) is 0 Å². The van der Waals surface area contributed by atoms with Gasteiger partial charge >= 0.3 is 0 Å². The first-order valence-corrected chi connectivity index (χ1v) is 16.1. The van der Waals surface area contributed by atoms with E-state index in [0.29, 0.717) is 18.2 Å². The largest absolute Gasteiger partial charge is 0.383 e. The van der Waals surface area contributed by atoms with Crippen LogP contribution in [0.2, 0.25) is 0 Å². The second-order valence-electron chi connectivity index (χ2n) is 12.0. The molecule has 0 atom stereocenters. The molecule has 5 nitrogen and oxygen atoms in total. The van der Waals surface area contributed by atoms with Gasteiger partial charge in [-0.05, 0) is 63.0 Å². The van der Waals surface area contributed by atoms with Crippen LogP contribution in [0.1, 0.15) is 16.7 Å². The van der Waals surface area contributed by atoms with E-state index in [1.807, 2.05) is 54.6 Å². The lowest BCUT2D eigenvalue weighted by Gasteiger charge is -2.15. The fourth-order valence-corrected chi connectivity index (χ4v) is 6.43. The van der Waals surface area contributed by atoms with Crippen LogP contribution >= 0.6 is 0 Å². The smallest absolute Gasteiger partial charge is 0.157 e. The summed E-state index contributed by atoms with van der Waals surface area (Å²) in [4.78, 5) is 15.0. The zero-order valence-electron chi connectivity index (χ0n) is 26.6. The zero-order chi connectivity index (χ0) is 32.5. The van der Waals surface area contributed by atoms with Gasteiger partial charge in [0.2, 0.25) is 0 Å². The summed E-state index contributed by atoms with van der Waals surface area (Å²) in [6.45, 7) is 0.483. The Balaban J connectivity index is 1.28. The molecule has 0 amide bonds. The summed E-state index contributed by atoms with van der Waals surface area (Å²) in [6.07, 6.45) is 0. The molecule has 0 saturated heterocycles. The fraction of sp³-hybridized carbons (Fsp3) is 0.0465. The van der Waals surface area contributed by atoms with Crippen molar-refractivity contribution in [3.63, 3.8) is 0 Å². The third kappa shape index (κ3) is 5.52. The molecule has 0 bridgehead atoms. The Bertz CT molecular complexity index is 2490. The number of amidine groups is 2.